The first-order valence-electron chi connectivity index (χ1n) is 9.82. The number of carbonyl (C=O) groups is 2. The number of likely N-dealkylation sites (tertiary alicyclic amines) is 1. The highest BCUT2D eigenvalue weighted by molar-refractivity contribution is 5.97. The Hall–Kier alpha value is -3.55. The van der Waals surface area contributed by atoms with Crippen LogP contribution in [0.25, 0.3) is 11.0 Å². The molecule has 2 N–H and O–H groups in total. The number of hydrogen-bond donors (Lipinski definition) is 2. The number of methoxy groups -OCH3 is 1. The Bertz CT molecular complexity index is 1160. The molecule has 154 valence electrons. The van der Waals surface area contributed by atoms with E-state index in [0.717, 1.165) is 22.2 Å². The molecule has 1 aliphatic carbocycles. The average Bonchev–Trinajstić information content (AvgIpc) is 3.22. The number of fused-ring (bicyclic) bond motifs is 5. The van der Waals surface area contributed by atoms with Gasteiger partial charge in [0.2, 0.25) is 0 Å². The van der Waals surface area contributed by atoms with Crippen molar-refractivity contribution >= 4 is 23.1 Å². The first kappa shape index (κ1) is 18.5. The van der Waals surface area contributed by atoms with Crippen molar-refractivity contribution < 1.29 is 24.2 Å². The lowest BCUT2D eigenvalue weighted by molar-refractivity contribution is -0.0833. The monoisotopic (exact) mass is 407 g/mol. The fourth-order valence-electron chi connectivity index (χ4n) is 4.77. The van der Waals surface area contributed by atoms with E-state index in [-0.39, 0.29) is 17.7 Å². The second-order valence-electron chi connectivity index (χ2n) is 7.84. The van der Waals surface area contributed by atoms with Gasteiger partial charge >= 0.3 is 6.16 Å². The summed E-state index contributed by atoms with van der Waals surface area (Å²) in [4.78, 5) is 34.4. The second-order valence-corrected chi connectivity index (χ2v) is 7.84. The summed E-state index contributed by atoms with van der Waals surface area (Å²) in [5, 5.41) is 10.0. The van der Waals surface area contributed by atoms with E-state index >= 15 is 0 Å². The van der Waals surface area contributed by atoms with Crippen LogP contribution < -0.4 is 0 Å². The number of H-pyrrole nitrogens is 1. The van der Waals surface area contributed by atoms with Gasteiger partial charge in [-0.2, -0.15) is 0 Å². The van der Waals surface area contributed by atoms with Gasteiger partial charge in [0, 0.05) is 36.6 Å². The highest BCUT2D eigenvalue weighted by Gasteiger charge is 2.50. The van der Waals surface area contributed by atoms with Crippen LogP contribution in [0.4, 0.5) is 4.79 Å². The van der Waals surface area contributed by atoms with E-state index in [1.807, 2.05) is 23.1 Å². The molecule has 2 bridgehead atoms. The van der Waals surface area contributed by atoms with Gasteiger partial charge in [-0.3, -0.25) is 4.79 Å². The lowest BCUT2D eigenvalue weighted by Crippen LogP contribution is -2.56. The van der Waals surface area contributed by atoms with Gasteiger partial charge in [-0.15, -0.1) is 0 Å². The highest BCUT2D eigenvalue weighted by atomic mass is 16.7. The van der Waals surface area contributed by atoms with Gasteiger partial charge in [0.1, 0.15) is 11.4 Å². The molecule has 1 saturated heterocycles. The first-order valence-corrected chi connectivity index (χ1v) is 9.82. The van der Waals surface area contributed by atoms with Crippen LogP contribution >= 0.6 is 0 Å². The zero-order chi connectivity index (χ0) is 20.9. The predicted molar refractivity (Wildman–Crippen MR) is 107 cm³/mol. The Morgan fingerprint density at radius 3 is 2.97 bits per heavy atom. The van der Waals surface area contributed by atoms with Crippen molar-refractivity contribution in [3.8, 4) is 5.75 Å². The molecule has 8 heteroatoms. The van der Waals surface area contributed by atoms with Crippen LogP contribution in [0.5, 0.6) is 5.75 Å². The van der Waals surface area contributed by atoms with Crippen molar-refractivity contribution in [3.05, 3.63) is 59.4 Å². The lowest BCUT2D eigenvalue weighted by Gasteiger charge is -2.50. The maximum absolute atomic E-state index is 13.3. The Kier molecular flexibility index (Phi) is 4.16. The van der Waals surface area contributed by atoms with Gasteiger partial charge in [0.15, 0.2) is 0 Å². The van der Waals surface area contributed by atoms with Crippen molar-refractivity contribution in [2.75, 3.05) is 13.7 Å². The third-order valence-corrected chi connectivity index (χ3v) is 6.18. The molecule has 2 atom stereocenters. The number of rotatable bonds is 2. The third kappa shape index (κ3) is 2.87. The molecular weight excluding hydrogens is 386 g/mol. The Morgan fingerprint density at radius 1 is 1.27 bits per heavy atom. The number of amides is 1. The number of piperidine rings is 1. The minimum absolute atomic E-state index is 0.0644. The highest BCUT2D eigenvalue weighted by Crippen LogP contribution is 2.47. The van der Waals surface area contributed by atoms with Crippen molar-refractivity contribution in [2.24, 2.45) is 0 Å². The Balaban J connectivity index is 1.50. The van der Waals surface area contributed by atoms with E-state index < -0.39 is 11.8 Å². The van der Waals surface area contributed by atoms with Gasteiger partial charge in [-0.05, 0) is 42.3 Å². The smallest absolute Gasteiger partial charge is 0.508 e. The van der Waals surface area contributed by atoms with E-state index in [2.05, 4.69) is 9.97 Å². The zero-order valence-electron chi connectivity index (χ0n) is 16.4. The molecule has 1 fully saturated rings. The second kappa shape index (κ2) is 6.76. The van der Waals surface area contributed by atoms with E-state index in [4.69, 9.17) is 9.47 Å². The number of benzene rings is 2. The Labute approximate surface area is 172 Å². The fourth-order valence-corrected chi connectivity index (χ4v) is 4.77. The molecule has 1 amide bonds. The molecule has 2 aliphatic rings. The van der Waals surface area contributed by atoms with E-state index in [0.29, 0.717) is 31.4 Å². The number of imidazole rings is 1. The molecule has 5 rings (SSSR count). The maximum atomic E-state index is 13.3. The molecular formula is C22H21N3O5. The lowest BCUT2D eigenvalue weighted by atomic mass is 9.71. The normalized spacial score (nSPS) is 22.4. The molecule has 1 aliphatic heterocycles. The fraction of sp³-hybridized carbons (Fsp3) is 0.318. The van der Waals surface area contributed by atoms with E-state index in [1.54, 1.807) is 24.5 Å². The SMILES string of the molecule is COC(=O)OC12CCN(C(=O)c3ccc4nc[nH]c4c3)C(Cc3ccc(O)cc31)C2. The number of phenols is 1. The Morgan fingerprint density at radius 2 is 2.13 bits per heavy atom. The molecule has 2 aromatic carbocycles. The molecule has 2 unspecified atom stereocenters. The molecule has 0 saturated carbocycles. The van der Waals surface area contributed by atoms with Gasteiger partial charge in [-0.1, -0.05) is 6.07 Å². The van der Waals surface area contributed by atoms with Gasteiger partial charge in [-0.25, -0.2) is 9.78 Å². The summed E-state index contributed by atoms with van der Waals surface area (Å²) in [5.74, 6) is 0.0526. The summed E-state index contributed by atoms with van der Waals surface area (Å²) in [6.07, 6.45) is 2.34. The molecule has 0 radical (unpaired) electrons. The van der Waals surface area contributed by atoms with Crippen LogP contribution in [0.1, 0.15) is 34.3 Å². The molecule has 30 heavy (non-hydrogen) atoms. The van der Waals surface area contributed by atoms with Crippen LogP contribution in [0.2, 0.25) is 0 Å². The zero-order valence-corrected chi connectivity index (χ0v) is 16.4. The average molecular weight is 407 g/mol. The molecule has 2 heterocycles. The summed E-state index contributed by atoms with van der Waals surface area (Å²) < 4.78 is 10.5. The maximum Gasteiger partial charge on any atom is 0.508 e. The number of aromatic hydroxyl groups is 1. The van der Waals surface area contributed by atoms with Crippen LogP contribution in [0.3, 0.4) is 0 Å². The molecule has 1 aromatic heterocycles. The van der Waals surface area contributed by atoms with E-state index in [1.165, 1.54) is 7.11 Å². The summed E-state index contributed by atoms with van der Waals surface area (Å²) in [7, 11) is 1.27. The summed E-state index contributed by atoms with van der Waals surface area (Å²) >= 11 is 0. The third-order valence-electron chi connectivity index (χ3n) is 6.18. The number of aromatic nitrogens is 2. The van der Waals surface area contributed by atoms with Gasteiger partial charge in [0.25, 0.3) is 5.91 Å². The number of phenolic OH excluding ortho intramolecular Hbond substituents is 1. The van der Waals surface area contributed by atoms with Crippen molar-refractivity contribution in [2.45, 2.75) is 30.9 Å². The standard InChI is InChI=1S/C22H21N3O5/c1-29-21(28)30-22-6-7-25(15(11-22)8-13-2-4-16(26)10-17(13)22)20(27)14-3-5-18-19(9-14)24-12-23-18/h2-5,9-10,12,15,26H,6-8,11H2,1H3,(H,23,24). The predicted octanol–water partition coefficient (Wildman–Crippen LogP) is 3.11. The van der Waals surface area contributed by atoms with Crippen LogP contribution in [-0.4, -0.2) is 51.7 Å². The number of ether oxygens (including phenoxy) is 2. The number of aromatic amines is 1. The number of hydrogen-bond acceptors (Lipinski definition) is 6. The minimum Gasteiger partial charge on any atom is -0.508 e. The molecule has 3 aromatic rings. The van der Waals surface area contributed by atoms with Gasteiger partial charge < -0.3 is 24.5 Å². The largest absolute Gasteiger partial charge is 0.508 e. The van der Waals surface area contributed by atoms with Gasteiger partial charge in [0.05, 0.1) is 24.5 Å². The van der Waals surface area contributed by atoms with Crippen molar-refractivity contribution in [1.82, 2.24) is 14.9 Å². The summed E-state index contributed by atoms with van der Waals surface area (Å²) in [5.41, 5.74) is 3.02. The quantitative estimate of drug-likeness (QED) is 0.633. The van der Waals surface area contributed by atoms with Crippen LogP contribution in [0.15, 0.2) is 42.7 Å². The van der Waals surface area contributed by atoms with Crippen molar-refractivity contribution in [3.63, 3.8) is 0 Å². The number of carbonyl (C=O) groups excluding carboxylic acids is 2. The molecule has 0 spiro atoms. The number of nitrogens with zero attached hydrogens (tertiary/aromatic N) is 2. The summed E-state index contributed by atoms with van der Waals surface area (Å²) in [6.45, 7) is 0.427. The van der Waals surface area contributed by atoms with E-state index in [9.17, 15) is 14.7 Å². The topological polar surface area (TPSA) is 105 Å². The first-order chi connectivity index (χ1) is 14.5. The van der Waals surface area contributed by atoms with Crippen molar-refractivity contribution in [1.29, 1.82) is 0 Å². The van der Waals surface area contributed by atoms with Crippen LogP contribution in [0, 0.1) is 0 Å². The minimum atomic E-state index is -0.922. The summed E-state index contributed by atoms with van der Waals surface area (Å²) in [6, 6.07) is 10.4. The van der Waals surface area contributed by atoms with Crippen LogP contribution in [-0.2, 0) is 21.5 Å². The number of nitrogens with one attached hydrogen (secondary N) is 1. The molecule has 8 nitrogen and oxygen atoms in total.